The smallest absolute Gasteiger partial charge is 0.258 e. The van der Waals surface area contributed by atoms with E-state index in [0.717, 1.165) is 53.3 Å². The first-order chi connectivity index (χ1) is 14.1. The van der Waals surface area contributed by atoms with Crippen LogP contribution in [0.3, 0.4) is 0 Å². The Kier molecular flexibility index (Phi) is 4.47. The maximum atomic E-state index is 13.2. The fourth-order valence-corrected chi connectivity index (χ4v) is 4.32. The van der Waals surface area contributed by atoms with Crippen LogP contribution in [-0.4, -0.2) is 58.2 Å². The number of pyridine rings is 1. The number of anilines is 1. The largest absolute Gasteiger partial charge is 0.378 e. The number of carbonyl (C=O) groups excluding carboxylic acids is 1. The van der Waals surface area contributed by atoms with E-state index < -0.39 is 0 Å². The van der Waals surface area contributed by atoms with Crippen molar-refractivity contribution in [3.05, 3.63) is 53.1 Å². The molecule has 0 atom stereocenters. The van der Waals surface area contributed by atoms with Crippen LogP contribution >= 0.6 is 0 Å². The lowest BCUT2D eigenvalue weighted by atomic mass is 10.1. The highest BCUT2D eigenvalue weighted by Crippen LogP contribution is 2.31. The van der Waals surface area contributed by atoms with Crippen molar-refractivity contribution < 1.29 is 9.53 Å². The van der Waals surface area contributed by atoms with E-state index in [9.17, 15) is 4.79 Å². The minimum absolute atomic E-state index is 0.0733. The summed E-state index contributed by atoms with van der Waals surface area (Å²) in [5.41, 5.74) is 5.96. The van der Waals surface area contributed by atoms with Crippen molar-refractivity contribution in [1.29, 1.82) is 0 Å². The van der Waals surface area contributed by atoms with Crippen molar-refractivity contribution >= 4 is 22.6 Å². The lowest BCUT2D eigenvalue weighted by molar-refractivity contribution is 0.0778. The van der Waals surface area contributed by atoms with Gasteiger partial charge in [0.05, 0.1) is 47.7 Å². The second kappa shape index (κ2) is 7.15. The highest BCUT2D eigenvalue weighted by Gasteiger charge is 2.33. The van der Waals surface area contributed by atoms with Crippen molar-refractivity contribution in [2.24, 2.45) is 7.05 Å². The van der Waals surface area contributed by atoms with Gasteiger partial charge in [-0.2, -0.15) is 0 Å². The van der Waals surface area contributed by atoms with Crippen molar-refractivity contribution in [2.75, 3.05) is 37.7 Å². The molecule has 5 rings (SSSR count). The summed E-state index contributed by atoms with van der Waals surface area (Å²) in [7, 11) is 2.04. The molecule has 4 heterocycles. The van der Waals surface area contributed by atoms with Gasteiger partial charge in [0, 0.05) is 39.3 Å². The number of rotatable bonds is 4. The SMILES string of the molecule is Cc1ccc2c(c1)nc(CCN1Cc3nccc(N4CCOCC4)c3C1=O)n2C. The van der Waals surface area contributed by atoms with E-state index in [1.54, 1.807) is 0 Å². The third-order valence-corrected chi connectivity index (χ3v) is 5.94. The molecule has 0 N–H and O–H groups in total. The Labute approximate surface area is 169 Å². The minimum Gasteiger partial charge on any atom is -0.378 e. The number of morpholine rings is 1. The Bertz CT molecular complexity index is 1080. The average molecular weight is 391 g/mol. The van der Waals surface area contributed by atoms with Gasteiger partial charge in [0.25, 0.3) is 5.91 Å². The van der Waals surface area contributed by atoms with Gasteiger partial charge < -0.3 is 19.1 Å². The Morgan fingerprint density at radius 1 is 1.17 bits per heavy atom. The first-order valence-electron chi connectivity index (χ1n) is 10.1. The summed E-state index contributed by atoms with van der Waals surface area (Å²) in [6.07, 6.45) is 2.53. The number of imidazole rings is 1. The van der Waals surface area contributed by atoms with E-state index in [1.165, 1.54) is 5.56 Å². The van der Waals surface area contributed by atoms with Crippen LogP contribution in [0.25, 0.3) is 11.0 Å². The lowest BCUT2D eigenvalue weighted by Gasteiger charge is -2.30. The number of nitrogens with zero attached hydrogens (tertiary/aromatic N) is 5. The van der Waals surface area contributed by atoms with Gasteiger partial charge in [-0.05, 0) is 30.7 Å². The van der Waals surface area contributed by atoms with Crippen LogP contribution in [0.4, 0.5) is 5.69 Å². The van der Waals surface area contributed by atoms with Crippen LogP contribution in [-0.2, 0) is 24.8 Å². The summed E-state index contributed by atoms with van der Waals surface area (Å²) in [5.74, 6) is 1.07. The number of ether oxygens (including phenoxy) is 1. The van der Waals surface area contributed by atoms with Crippen LogP contribution in [0.2, 0.25) is 0 Å². The van der Waals surface area contributed by atoms with E-state index in [-0.39, 0.29) is 5.91 Å². The number of fused-ring (bicyclic) bond motifs is 2. The number of hydrogen-bond donors (Lipinski definition) is 0. The number of hydrogen-bond acceptors (Lipinski definition) is 5. The Balaban J connectivity index is 1.35. The molecule has 0 bridgehead atoms. The van der Waals surface area contributed by atoms with E-state index >= 15 is 0 Å². The molecule has 0 aliphatic carbocycles. The quantitative estimate of drug-likeness (QED) is 0.683. The van der Waals surface area contributed by atoms with E-state index in [4.69, 9.17) is 9.72 Å². The van der Waals surface area contributed by atoms with Gasteiger partial charge in [-0.15, -0.1) is 0 Å². The third kappa shape index (κ3) is 3.15. The molecule has 2 aliphatic heterocycles. The zero-order valence-electron chi connectivity index (χ0n) is 16.9. The highest BCUT2D eigenvalue weighted by molar-refractivity contribution is 6.03. The monoisotopic (exact) mass is 391 g/mol. The standard InChI is InChI=1S/C22H25N5O2/c1-15-3-4-18-16(13-15)24-20(25(18)2)6-8-27-14-17-21(22(27)28)19(5-7-23-17)26-9-11-29-12-10-26/h3-5,7,13H,6,8-12,14H2,1-2H3. The molecule has 1 amide bonds. The molecule has 0 saturated carbocycles. The zero-order chi connectivity index (χ0) is 20.0. The predicted octanol–water partition coefficient (Wildman–Crippen LogP) is 2.31. The molecule has 0 unspecified atom stereocenters. The molecule has 150 valence electrons. The normalized spacial score (nSPS) is 16.7. The molecular formula is C22H25N5O2. The maximum absolute atomic E-state index is 13.2. The fourth-order valence-electron chi connectivity index (χ4n) is 4.32. The van der Waals surface area contributed by atoms with Crippen LogP contribution in [0.1, 0.15) is 27.4 Å². The molecule has 2 aliphatic rings. The summed E-state index contributed by atoms with van der Waals surface area (Å²) in [6.45, 7) is 6.28. The molecular weight excluding hydrogens is 366 g/mol. The van der Waals surface area contributed by atoms with Gasteiger partial charge in [-0.1, -0.05) is 6.07 Å². The molecule has 3 aromatic rings. The molecule has 1 aromatic carbocycles. The average Bonchev–Trinajstić information content (AvgIpc) is 3.23. The second-order valence-electron chi connectivity index (χ2n) is 7.81. The molecule has 0 radical (unpaired) electrons. The number of benzene rings is 1. The van der Waals surface area contributed by atoms with Gasteiger partial charge in [0.1, 0.15) is 5.82 Å². The summed E-state index contributed by atoms with van der Waals surface area (Å²) in [5, 5.41) is 0. The van der Waals surface area contributed by atoms with Crippen molar-refractivity contribution in [3.63, 3.8) is 0 Å². The van der Waals surface area contributed by atoms with Gasteiger partial charge in [-0.3, -0.25) is 9.78 Å². The van der Waals surface area contributed by atoms with Gasteiger partial charge in [-0.25, -0.2) is 4.98 Å². The zero-order valence-corrected chi connectivity index (χ0v) is 16.9. The number of aromatic nitrogens is 3. The van der Waals surface area contributed by atoms with Crippen molar-refractivity contribution in [3.8, 4) is 0 Å². The summed E-state index contributed by atoms with van der Waals surface area (Å²) >= 11 is 0. The molecule has 2 aromatic heterocycles. The summed E-state index contributed by atoms with van der Waals surface area (Å²) in [6, 6.07) is 8.28. The van der Waals surface area contributed by atoms with Gasteiger partial charge in [0.2, 0.25) is 0 Å². The highest BCUT2D eigenvalue weighted by atomic mass is 16.5. The van der Waals surface area contributed by atoms with E-state index in [0.29, 0.717) is 26.3 Å². The van der Waals surface area contributed by atoms with Gasteiger partial charge in [0.15, 0.2) is 0 Å². The first kappa shape index (κ1) is 18.1. The fraction of sp³-hybridized carbons (Fsp3) is 0.409. The Hall–Kier alpha value is -2.93. The Morgan fingerprint density at radius 2 is 2.00 bits per heavy atom. The van der Waals surface area contributed by atoms with Crippen LogP contribution in [0.15, 0.2) is 30.5 Å². The number of amides is 1. The molecule has 1 saturated heterocycles. The number of aryl methyl sites for hydroxylation is 2. The topological polar surface area (TPSA) is 63.5 Å². The molecule has 7 nitrogen and oxygen atoms in total. The molecule has 0 spiro atoms. The molecule has 7 heteroatoms. The van der Waals surface area contributed by atoms with Crippen LogP contribution in [0, 0.1) is 6.92 Å². The van der Waals surface area contributed by atoms with Gasteiger partial charge >= 0.3 is 0 Å². The van der Waals surface area contributed by atoms with E-state index in [1.807, 2.05) is 24.2 Å². The third-order valence-electron chi connectivity index (χ3n) is 5.94. The first-order valence-corrected chi connectivity index (χ1v) is 10.1. The summed E-state index contributed by atoms with van der Waals surface area (Å²) in [4.78, 5) is 26.6. The molecule has 1 fully saturated rings. The minimum atomic E-state index is 0.0733. The summed E-state index contributed by atoms with van der Waals surface area (Å²) < 4.78 is 7.58. The Morgan fingerprint density at radius 3 is 2.83 bits per heavy atom. The van der Waals surface area contributed by atoms with Crippen molar-refractivity contribution in [2.45, 2.75) is 19.9 Å². The van der Waals surface area contributed by atoms with Crippen LogP contribution < -0.4 is 4.90 Å². The van der Waals surface area contributed by atoms with Crippen LogP contribution in [0.5, 0.6) is 0 Å². The number of carbonyl (C=O) groups is 1. The van der Waals surface area contributed by atoms with E-state index in [2.05, 4.69) is 39.6 Å². The maximum Gasteiger partial charge on any atom is 0.258 e. The molecule has 29 heavy (non-hydrogen) atoms. The van der Waals surface area contributed by atoms with Crippen molar-refractivity contribution in [1.82, 2.24) is 19.4 Å². The second-order valence-corrected chi connectivity index (χ2v) is 7.81. The predicted molar refractivity (Wildman–Crippen MR) is 111 cm³/mol. The lowest BCUT2D eigenvalue weighted by Crippen LogP contribution is -2.37.